The summed E-state index contributed by atoms with van der Waals surface area (Å²) in [6.07, 6.45) is 0. The number of aliphatic hydroxyl groups is 1. The van der Waals surface area contributed by atoms with Crippen LogP contribution < -0.4 is 9.64 Å². The quantitative estimate of drug-likeness (QED) is 0.227. The van der Waals surface area contributed by atoms with Gasteiger partial charge in [0.05, 0.1) is 28.8 Å². The van der Waals surface area contributed by atoms with Crippen LogP contribution in [0.3, 0.4) is 0 Å². The van der Waals surface area contributed by atoms with Crippen LogP contribution in [0, 0.1) is 6.92 Å². The number of carbonyl (C=O) groups is 2. The number of Topliss-reactive ketones (excluding diaryl/α,β-unsaturated/α-hetero) is 1. The van der Waals surface area contributed by atoms with Crippen molar-refractivity contribution in [3.05, 3.63) is 98.5 Å². The summed E-state index contributed by atoms with van der Waals surface area (Å²) in [7, 11) is 1.58. The van der Waals surface area contributed by atoms with Crippen molar-refractivity contribution in [3.8, 4) is 5.75 Å². The summed E-state index contributed by atoms with van der Waals surface area (Å²) in [6, 6.07) is 16.6. The SMILES string of the molecule is COc1ccc(/C(O)=C2/C(=O)C(=O)N(c3ccc(Cl)c(Cl)c3)C2c2cccc(C)c2)cc1C(C)C. The van der Waals surface area contributed by atoms with E-state index in [9.17, 15) is 14.7 Å². The smallest absolute Gasteiger partial charge is 0.300 e. The van der Waals surface area contributed by atoms with E-state index in [1.54, 1.807) is 43.5 Å². The number of aryl methyl sites for hydroxylation is 1. The predicted molar refractivity (Wildman–Crippen MR) is 140 cm³/mol. The largest absolute Gasteiger partial charge is 0.507 e. The Hall–Kier alpha value is -3.28. The molecule has 1 atom stereocenters. The molecule has 0 aliphatic carbocycles. The van der Waals surface area contributed by atoms with Gasteiger partial charge >= 0.3 is 0 Å². The molecule has 1 amide bonds. The zero-order chi connectivity index (χ0) is 25.4. The highest BCUT2D eigenvalue weighted by Gasteiger charge is 2.47. The van der Waals surface area contributed by atoms with E-state index in [1.165, 1.54) is 4.90 Å². The molecule has 1 heterocycles. The maximum absolute atomic E-state index is 13.4. The molecular formula is C28H25Cl2NO4. The van der Waals surface area contributed by atoms with E-state index >= 15 is 0 Å². The Kier molecular flexibility index (Phi) is 6.93. The van der Waals surface area contributed by atoms with Crippen molar-refractivity contribution < 1.29 is 19.4 Å². The first-order valence-corrected chi connectivity index (χ1v) is 11.9. The number of aliphatic hydroxyl groups excluding tert-OH is 1. The van der Waals surface area contributed by atoms with Gasteiger partial charge in [0, 0.05) is 11.3 Å². The van der Waals surface area contributed by atoms with Crippen LogP contribution in [0.5, 0.6) is 5.75 Å². The highest BCUT2D eigenvalue weighted by atomic mass is 35.5. The third-order valence-electron chi connectivity index (χ3n) is 6.11. The second kappa shape index (κ2) is 9.76. The molecule has 35 heavy (non-hydrogen) atoms. The van der Waals surface area contributed by atoms with Crippen molar-refractivity contribution in [1.82, 2.24) is 0 Å². The topological polar surface area (TPSA) is 66.8 Å². The molecule has 7 heteroatoms. The van der Waals surface area contributed by atoms with E-state index in [0.717, 1.165) is 11.1 Å². The Morgan fingerprint density at radius 3 is 2.37 bits per heavy atom. The van der Waals surface area contributed by atoms with Gasteiger partial charge in [0.15, 0.2) is 0 Å². The highest BCUT2D eigenvalue weighted by molar-refractivity contribution is 6.52. The molecule has 0 bridgehead atoms. The molecule has 1 aliphatic rings. The van der Waals surface area contributed by atoms with Crippen LogP contribution in [0.15, 0.2) is 66.2 Å². The van der Waals surface area contributed by atoms with Crippen molar-refractivity contribution >= 4 is 46.3 Å². The molecule has 4 rings (SSSR count). The molecular weight excluding hydrogens is 485 g/mol. The van der Waals surface area contributed by atoms with Crippen LogP contribution in [-0.4, -0.2) is 23.9 Å². The van der Waals surface area contributed by atoms with Gasteiger partial charge in [-0.1, -0.05) is 66.9 Å². The maximum Gasteiger partial charge on any atom is 0.300 e. The summed E-state index contributed by atoms with van der Waals surface area (Å²) >= 11 is 12.3. The number of nitrogens with zero attached hydrogens (tertiary/aromatic N) is 1. The number of ketones is 1. The first kappa shape index (κ1) is 24.8. The van der Waals surface area contributed by atoms with E-state index in [1.807, 2.05) is 45.0 Å². The van der Waals surface area contributed by atoms with Crippen LogP contribution in [0.2, 0.25) is 10.0 Å². The molecule has 1 fully saturated rings. The summed E-state index contributed by atoms with van der Waals surface area (Å²) in [5.74, 6) is -0.982. The number of hydrogen-bond donors (Lipinski definition) is 1. The summed E-state index contributed by atoms with van der Waals surface area (Å²) in [4.78, 5) is 28.1. The number of ether oxygens (including phenoxy) is 1. The Balaban J connectivity index is 1.96. The van der Waals surface area contributed by atoms with E-state index in [2.05, 4.69) is 0 Å². The van der Waals surface area contributed by atoms with Crippen molar-refractivity contribution in [2.45, 2.75) is 32.7 Å². The van der Waals surface area contributed by atoms with Crippen LogP contribution >= 0.6 is 23.2 Å². The standard InChI is InChI=1S/C28H25Cl2NO4/c1-15(2)20-13-18(8-11-23(20)35-4)26(32)24-25(17-7-5-6-16(3)12-17)31(28(34)27(24)33)19-9-10-21(29)22(30)14-19/h5-15,25,32H,1-4H3/b26-24-. The Bertz CT molecular complexity index is 1360. The fraction of sp³-hybridized carbons (Fsp3) is 0.214. The minimum absolute atomic E-state index is 0.00606. The molecule has 0 radical (unpaired) electrons. The summed E-state index contributed by atoms with van der Waals surface area (Å²) in [6.45, 7) is 5.95. The minimum atomic E-state index is -0.850. The molecule has 1 N–H and O–H groups in total. The molecule has 1 aliphatic heterocycles. The highest BCUT2D eigenvalue weighted by Crippen LogP contribution is 2.44. The molecule has 0 spiro atoms. The molecule has 1 unspecified atom stereocenters. The second-order valence-corrected chi connectivity index (χ2v) is 9.61. The Morgan fingerprint density at radius 2 is 1.74 bits per heavy atom. The van der Waals surface area contributed by atoms with Gasteiger partial charge in [-0.15, -0.1) is 0 Å². The molecule has 0 saturated carbocycles. The number of halogens is 2. The number of amides is 1. The van der Waals surface area contributed by atoms with E-state index in [-0.39, 0.29) is 22.3 Å². The van der Waals surface area contributed by atoms with Crippen molar-refractivity contribution in [1.29, 1.82) is 0 Å². The molecule has 0 aromatic heterocycles. The number of carbonyl (C=O) groups excluding carboxylic acids is 2. The fourth-order valence-electron chi connectivity index (χ4n) is 4.38. The van der Waals surface area contributed by atoms with Gasteiger partial charge in [-0.25, -0.2) is 0 Å². The number of hydrogen-bond acceptors (Lipinski definition) is 4. The molecule has 1 saturated heterocycles. The summed E-state index contributed by atoms with van der Waals surface area (Å²) < 4.78 is 5.45. The number of anilines is 1. The average Bonchev–Trinajstić information content (AvgIpc) is 3.10. The van der Waals surface area contributed by atoms with Gasteiger partial charge in [-0.05, 0) is 60.4 Å². The molecule has 3 aromatic rings. The lowest BCUT2D eigenvalue weighted by molar-refractivity contribution is -0.132. The molecule has 180 valence electrons. The summed E-state index contributed by atoms with van der Waals surface area (Å²) in [5, 5.41) is 12.0. The third kappa shape index (κ3) is 4.54. The Labute approximate surface area is 214 Å². The predicted octanol–water partition coefficient (Wildman–Crippen LogP) is 7.06. The van der Waals surface area contributed by atoms with Gasteiger partial charge in [-0.3, -0.25) is 14.5 Å². The van der Waals surface area contributed by atoms with E-state index < -0.39 is 17.7 Å². The van der Waals surface area contributed by atoms with Crippen LogP contribution in [-0.2, 0) is 9.59 Å². The summed E-state index contributed by atoms with van der Waals surface area (Å²) in [5.41, 5.74) is 3.36. The van der Waals surface area contributed by atoms with E-state index in [4.69, 9.17) is 27.9 Å². The zero-order valence-corrected chi connectivity index (χ0v) is 21.3. The number of methoxy groups -OCH3 is 1. The zero-order valence-electron chi connectivity index (χ0n) is 19.8. The van der Waals surface area contributed by atoms with Gasteiger partial charge < -0.3 is 9.84 Å². The lowest BCUT2D eigenvalue weighted by atomic mass is 9.92. The van der Waals surface area contributed by atoms with E-state index in [0.29, 0.717) is 27.6 Å². The van der Waals surface area contributed by atoms with Crippen molar-refractivity contribution in [2.24, 2.45) is 0 Å². The second-order valence-electron chi connectivity index (χ2n) is 8.79. The van der Waals surface area contributed by atoms with Gasteiger partial charge in [0.1, 0.15) is 11.5 Å². The average molecular weight is 510 g/mol. The van der Waals surface area contributed by atoms with Crippen LogP contribution in [0.1, 0.15) is 48.1 Å². The minimum Gasteiger partial charge on any atom is -0.507 e. The maximum atomic E-state index is 13.4. The van der Waals surface area contributed by atoms with Crippen molar-refractivity contribution in [3.63, 3.8) is 0 Å². The number of rotatable bonds is 5. The van der Waals surface area contributed by atoms with Crippen molar-refractivity contribution in [2.75, 3.05) is 12.0 Å². The van der Waals surface area contributed by atoms with Crippen LogP contribution in [0.4, 0.5) is 5.69 Å². The Morgan fingerprint density at radius 1 is 1.00 bits per heavy atom. The van der Waals surface area contributed by atoms with Crippen LogP contribution in [0.25, 0.3) is 5.76 Å². The third-order valence-corrected chi connectivity index (χ3v) is 6.85. The first-order valence-electron chi connectivity index (χ1n) is 11.1. The monoisotopic (exact) mass is 509 g/mol. The molecule has 3 aromatic carbocycles. The normalized spacial score (nSPS) is 17.3. The van der Waals surface area contributed by atoms with Gasteiger partial charge in [0.25, 0.3) is 11.7 Å². The lowest BCUT2D eigenvalue weighted by Crippen LogP contribution is -2.29. The molecule has 5 nitrogen and oxygen atoms in total. The lowest BCUT2D eigenvalue weighted by Gasteiger charge is -2.26. The number of benzene rings is 3. The van der Waals surface area contributed by atoms with Gasteiger partial charge in [-0.2, -0.15) is 0 Å². The fourth-order valence-corrected chi connectivity index (χ4v) is 4.67. The first-order chi connectivity index (χ1) is 16.6. The van der Waals surface area contributed by atoms with Gasteiger partial charge in [0.2, 0.25) is 0 Å².